The molecule has 2 rings (SSSR count). The first kappa shape index (κ1) is 21.9. The lowest BCUT2D eigenvalue weighted by molar-refractivity contribution is -0.137. The molecule has 0 aliphatic rings. The Kier molecular flexibility index (Phi) is 6.78. The third-order valence-electron chi connectivity index (χ3n) is 3.72. The second kappa shape index (κ2) is 8.05. The smallest absolute Gasteiger partial charge is 0.340 e. The zero-order valence-corrected chi connectivity index (χ0v) is 15.4. The summed E-state index contributed by atoms with van der Waals surface area (Å²) < 4.78 is 39.5. The number of hydrogen-bond donors (Lipinski definition) is 1. The molecule has 1 aromatic carbocycles. The zero-order chi connectivity index (χ0) is 18.8. The Bertz CT molecular complexity index is 760. The number of benzene rings is 1. The Balaban J connectivity index is 0.00000338. The molecule has 2 aromatic rings. The maximum atomic E-state index is 12.8. The van der Waals surface area contributed by atoms with Crippen molar-refractivity contribution in [2.45, 2.75) is 20.0 Å². The lowest BCUT2D eigenvalue weighted by Gasteiger charge is -2.28. The fourth-order valence-electron chi connectivity index (χ4n) is 2.29. The van der Waals surface area contributed by atoms with Gasteiger partial charge in [-0.2, -0.15) is 13.2 Å². The van der Waals surface area contributed by atoms with Gasteiger partial charge in [0.2, 0.25) is 0 Å². The second-order valence-electron chi connectivity index (χ2n) is 6.63. The molecule has 0 radical (unpaired) electrons. The van der Waals surface area contributed by atoms with E-state index < -0.39 is 11.7 Å². The highest BCUT2D eigenvalue weighted by Crippen LogP contribution is 2.30. The molecule has 0 saturated carbocycles. The molecule has 0 atom stereocenters. The molecule has 0 unspecified atom stereocenters. The average Bonchev–Trinajstić information content (AvgIpc) is 3.03. The molecule has 26 heavy (non-hydrogen) atoms. The molecule has 0 aliphatic heterocycles. The van der Waals surface area contributed by atoms with Gasteiger partial charge in [0.15, 0.2) is 5.69 Å². The second-order valence-corrected chi connectivity index (χ2v) is 6.63. The Morgan fingerprint density at radius 2 is 1.96 bits per heavy atom. The molecule has 0 fully saturated rings. The van der Waals surface area contributed by atoms with Crippen LogP contribution in [0.1, 0.15) is 29.9 Å². The minimum atomic E-state index is -4.46. The molecule has 1 aromatic heterocycles. The lowest BCUT2D eigenvalue weighted by atomic mass is 9.93. The summed E-state index contributed by atoms with van der Waals surface area (Å²) in [6.07, 6.45) is -3.15. The Hall–Kier alpha value is -2.13. The van der Waals surface area contributed by atoms with Crippen molar-refractivity contribution in [2.75, 3.05) is 20.1 Å². The molecule has 0 bridgehead atoms. The van der Waals surface area contributed by atoms with Gasteiger partial charge in [-0.25, -0.2) is 4.68 Å². The van der Waals surface area contributed by atoms with Crippen LogP contribution in [0.5, 0.6) is 0 Å². The number of nitrogens with zero attached hydrogens (tertiary/aromatic N) is 4. The molecule has 1 heterocycles. The molecule has 1 amide bonds. The largest absolute Gasteiger partial charge is 0.416 e. The van der Waals surface area contributed by atoms with Gasteiger partial charge in [-0.05, 0) is 30.2 Å². The van der Waals surface area contributed by atoms with E-state index in [1.54, 1.807) is 7.05 Å². The third kappa shape index (κ3) is 5.18. The maximum Gasteiger partial charge on any atom is 0.416 e. The van der Waals surface area contributed by atoms with Gasteiger partial charge in [0, 0.05) is 13.6 Å². The van der Waals surface area contributed by atoms with Crippen LogP contribution in [-0.4, -0.2) is 45.9 Å². The summed E-state index contributed by atoms with van der Waals surface area (Å²) in [6, 6.07) is 4.65. The normalized spacial score (nSPS) is 11.8. The van der Waals surface area contributed by atoms with Crippen molar-refractivity contribution < 1.29 is 18.0 Å². The van der Waals surface area contributed by atoms with Crippen LogP contribution in [0.3, 0.4) is 0 Å². The van der Waals surface area contributed by atoms with E-state index in [4.69, 9.17) is 5.73 Å². The number of nitrogens with two attached hydrogens (primary N) is 1. The van der Waals surface area contributed by atoms with E-state index in [2.05, 4.69) is 10.3 Å². The van der Waals surface area contributed by atoms with E-state index in [1.165, 1.54) is 23.2 Å². The molecule has 2 N–H and O–H groups in total. The van der Waals surface area contributed by atoms with Crippen LogP contribution in [-0.2, 0) is 6.18 Å². The van der Waals surface area contributed by atoms with Gasteiger partial charge >= 0.3 is 6.18 Å². The van der Waals surface area contributed by atoms with Gasteiger partial charge in [0.25, 0.3) is 5.91 Å². The molecular weight excluding hydrogens is 371 g/mol. The monoisotopic (exact) mass is 391 g/mol. The van der Waals surface area contributed by atoms with Gasteiger partial charge in [-0.3, -0.25) is 4.79 Å². The van der Waals surface area contributed by atoms with Crippen molar-refractivity contribution in [1.82, 2.24) is 19.9 Å². The van der Waals surface area contributed by atoms with Gasteiger partial charge in [0.05, 0.1) is 17.4 Å². The summed E-state index contributed by atoms with van der Waals surface area (Å²) in [5, 5.41) is 7.53. The number of alkyl halides is 3. The van der Waals surface area contributed by atoms with E-state index in [1.807, 2.05) is 13.8 Å². The number of carbonyl (C=O) groups is 1. The van der Waals surface area contributed by atoms with Crippen LogP contribution in [0, 0.1) is 5.41 Å². The van der Waals surface area contributed by atoms with E-state index in [-0.39, 0.29) is 35.1 Å². The number of hydrogen-bond acceptors (Lipinski definition) is 4. The number of rotatable bonds is 5. The standard InChI is InChI=1S/C16H20F3N5O.ClH/c1-15(2,9-20)10-23(3)14(25)13-8-24(22-21-13)12-6-4-5-11(7-12)16(17,18)19;/h4-8H,9-10,20H2,1-3H3;1H. The molecular formula is C16H21ClF3N5O. The van der Waals surface area contributed by atoms with Gasteiger partial charge < -0.3 is 10.6 Å². The summed E-state index contributed by atoms with van der Waals surface area (Å²) >= 11 is 0. The predicted octanol–water partition coefficient (Wildman–Crippen LogP) is 2.76. The first-order valence-electron chi connectivity index (χ1n) is 7.59. The highest BCUT2D eigenvalue weighted by atomic mass is 35.5. The van der Waals surface area contributed by atoms with Crippen LogP contribution in [0.2, 0.25) is 0 Å². The van der Waals surface area contributed by atoms with Crippen molar-refractivity contribution in [3.63, 3.8) is 0 Å². The molecule has 0 spiro atoms. The summed E-state index contributed by atoms with van der Waals surface area (Å²) in [7, 11) is 1.61. The minimum Gasteiger partial charge on any atom is -0.340 e. The summed E-state index contributed by atoms with van der Waals surface area (Å²) in [6.45, 7) is 4.67. The highest BCUT2D eigenvalue weighted by Gasteiger charge is 2.30. The summed E-state index contributed by atoms with van der Waals surface area (Å²) in [5.41, 5.74) is 4.82. The van der Waals surface area contributed by atoms with Crippen molar-refractivity contribution in [3.05, 3.63) is 41.7 Å². The van der Waals surface area contributed by atoms with Crippen LogP contribution >= 0.6 is 12.4 Å². The molecule has 144 valence electrons. The minimum absolute atomic E-state index is 0. The van der Waals surface area contributed by atoms with Gasteiger partial charge in [-0.15, -0.1) is 17.5 Å². The van der Waals surface area contributed by atoms with Crippen molar-refractivity contribution in [2.24, 2.45) is 11.1 Å². The fraction of sp³-hybridized carbons (Fsp3) is 0.438. The fourth-order valence-corrected chi connectivity index (χ4v) is 2.29. The van der Waals surface area contributed by atoms with Gasteiger partial charge in [-0.1, -0.05) is 25.1 Å². The topological polar surface area (TPSA) is 77.0 Å². The van der Waals surface area contributed by atoms with Crippen LogP contribution in [0.15, 0.2) is 30.5 Å². The van der Waals surface area contributed by atoms with E-state index in [0.717, 1.165) is 16.8 Å². The molecule has 0 aliphatic carbocycles. The number of halogens is 4. The van der Waals surface area contributed by atoms with Gasteiger partial charge in [0.1, 0.15) is 0 Å². The van der Waals surface area contributed by atoms with E-state index in [0.29, 0.717) is 13.1 Å². The van der Waals surface area contributed by atoms with Crippen LogP contribution in [0.25, 0.3) is 5.69 Å². The van der Waals surface area contributed by atoms with Crippen LogP contribution in [0.4, 0.5) is 13.2 Å². The predicted molar refractivity (Wildman–Crippen MR) is 93.4 cm³/mol. The Morgan fingerprint density at radius 1 is 1.31 bits per heavy atom. The first-order chi connectivity index (χ1) is 11.5. The quantitative estimate of drug-likeness (QED) is 0.850. The molecule has 10 heteroatoms. The number of aromatic nitrogens is 3. The maximum absolute atomic E-state index is 12.8. The van der Waals surface area contributed by atoms with Crippen LogP contribution < -0.4 is 5.73 Å². The van der Waals surface area contributed by atoms with Crippen molar-refractivity contribution in [3.8, 4) is 5.69 Å². The number of amides is 1. The van der Waals surface area contributed by atoms with Crippen molar-refractivity contribution >= 4 is 18.3 Å². The average molecular weight is 392 g/mol. The van der Waals surface area contributed by atoms with E-state index >= 15 is 0 Å². The number of carbonyl (C=O) groups excluding carboxylic acids is 1. The molecule has 6 nitrogen and oxygen atoms in total. The lowest BCUT2D eigenvalue weighted by Crippen LogP contribution is -2.39. The Labute approximate surface area is 155 Å². The van der Waals surface area contributed by atoms with Crippen molar-refractivity contribution in [1.29, 1.82) is 0 Å². The SMILES string of the molecule is CN(CC(C)(C)CN)C(=O)c1cn(-c2cccc(C(F)(F)F)c2)nn1.Cl. The third-order valence-corrected chi connectivity index (χ3v) is 3.72. The van der Waals surface area contributed by atoms with E-state index in [9.17, 15) is 18.0 Å². The molecule has 0 saturated heterocycles. The summed E-state index contributed by atoms with van der Waals surface area (Å²) in [5.74, 6) is -0.375. The Morgan fingerprint density at radius 3 is 2.54 bits per heavy atom. The summed E-state index contributed by atoms with van der Waals surface area (Å²) in [4.78, 5) is 13.9. The zero-order valence-electron chi connectivity index (χ0n) is 14.6. The first-order valence-corrected chi connectivity index (χ1v) is 7.59. The highest BCUT2D eigenvalue weighted by molar-refractivity contribution is 5.91.